The molecule has 6 heteroatoms. The lowest BCUT2D eigenvalue weighted by atomic mass is 10.1. The second-order valence-electron chi connectivity index (χ2n) is 2.91. The van der Waals surface area contributed by atoms with Gasteiger partial charge in [-0.3, -0.25) is 0 Å². The van der Waals surface area contributed by atoms with E-state index in [9.17, 15) is 13.0 Å². The fourth-order valence-electron chi connectivity index (χ4n) is 1.02. The fourth-order valence-corrected chi connectivity index (χ4v) is 2.01. The molecule has 0 aromatic heterocycles. The van der Waals surface area contributed by atoms with Gasteiger partial charge in [-0.1, -0.05) is 31.2 Å². The average Bonchev–Trinajstić information content (AvgIpc) is 2.17. The lowest BCUT2D eigenvalue weighted by Gasteiger charge is -2.06. The van der Waals surface area contributed by atoms with Crippen molar-refractivity contribution in [2.75, 3.05) is 0 Å². The van der Waals surface area contributed by atoms with Crippen LogP contribution in [0.15, 0.2) is 24.3 Å². The molecule has 4 nitrogen and oxygen atoms in total. The molecule has 0 bridgehead atoms. The van der Waals surface area contributed by atoms with Crippen LogP contribution in [0.25, 0.3) is 0 Å². The maximum Gasteiger partial charge on any atom is 0.228 e. The summed E-state index contributed by atoms with van der Waals surface area (Å²) in [4.78, 5) is 0. The van der Waals surface area contributed by atoms with Crippen molar-refractivity contribution in [3.8, 4) is 0 Å². The molecule has 0 N–H and O–H groups in total. The molecule has 0 radical (unpaired) electrons. The van der Waals surface area contributed by atoms with Crippen molar-refractivity contribution in [3.05, 3.63) is 35.4 Å². The Hall–Kier alpha value is -0.560. The zero-order chi connectivity index (χ0) is 11.3. The maximum atomic E-state index is 10.1. The van der Waals surface area contributed by atoms with Crippen LogP contribution in [0.2, 0.25) is 0 Å². The van der Waals surface area contributed by atoms with E-state index in [1.165, 1.54) is 5.56 Å². The molecule has 0 unspecified atom stereocenters. The van der Waals surface area contributed by atoms with E-state index in [-0.39, 0.29) is 0 Å². The van der Waals surface area contributed by atoms with Crippen LogP contribution in [0.5, 0.6) is 0 Å². The van der Waals surface area contributed by atoms with Crippen molar-refractivity contribution in [1.29, 1.82) is 0 Å². The zero-order valence-corrected chi connectivity index (χ0v) is 9.81. The quantitative estimate of drug-likeness (QED) is 0.451. The van der Waals surface area contributed by atoms with Crippen molar-refractivity contribution >= 4 is 22.4 Å². The number of rotatable bonds is 5. The number of hydrogen-bond acceptors (Lipinski definition) is 5. The van der Waals surface area contributed by atoms with E-state index in [1.54, 1.807) is 0 Å². The van der Waals surface area contributed by atoms with Crippen molar-refractivity contribution in [1.82, 2.24) is 0 Å². The van der Waals surface area contributed by atoms with Gasteiger partial charge in [0, 0.05) is 17.8 Å². The molecule has 0 aliphatic carbocycles. The molecule has 0 aliphatic rings. The highest BCUT2D eigenvalue weighted by Gasteiger charge is 1.98. The van der Waals surface area contributed by atoms with E-state index in [4.69, 9.17) is 0 Å². The maximum absolute atomic E-state index is 10.1. The summed E-state index contributed by atoms with van der Waals surface area (Å²) in [5.41, 5.74) is 2.13. The van der Waals surface area contributed by atoms with Crippen LogP contribution in [0, 0.1) is 0 Å². The van der Waals surface area contributed by atoms with Gasteiger partial charge in [0.1, 0.15) is 0 Å². The van der Waals surface area contributed by atoms with Gasteiger partial charge in [0.2, 0.25) is 10.4 Å². The topological polar surface area (TPSA) is 66.4 Å². The normalized spacial score (nSPS) is 11.6. The Kier molecular flexibility index (Phi) is 4.59. The van der Waals surface area contributed by atoms with Gasteiger partial charge in [-0.05, 0) is 17.5 Å². The molecule has 15 heavy (non-hydrogen) atoms. The van der Waals surface area contributed by atoms with Crippen LogP contribution in [-0.4, -0.2) is 13.0 Å². The lowest BCUT2D eigenvalue weighted by Crippen LogP contribution is -1.97. The Morgan fingerprint density at radius 1 is 1.27 bits per heavy atom. The zero-order valence-electron chi connectivity index (χ0n) is 8.17. The Morgan fingerprint density at radius 2 is 1.80 bits per heavy atom. The predicted molar refractivity (Wildman–Crippen MR) is 57.9 cm³/mol. The van der Waals surface area contributed by atoms with E-state index >= 15 is 0 Å². The molecular formula is C9H11O4S2-. The first-order valence-corrected chi connectivity index (χ1v) is 6.60. The van der Waals surface area contributed by atoms with E-state index in [2.05, 4.69) is 10.6 Å². The van der Waals surface area contributed by atoms with Crippen molar-refractivity contribution in [2.24, 2.45) is 0 Å². The van der Waals surface area contributed by atoms with Gasteiger partial charge in [-0.15, -0.1) is 0 Å². The van der Waals surface area contributed by atoms with Crippen molar-refractivity contribution < 1.29 is 16.6 Å². The predicted octanol–water partition coefficient (Wildman–Crippen LogP) is 1.87. The third kappa shape index (κ3) is 5.17. The first-order chi connectivity index (χ1) is 7.01. The second-order valence-corrected chi connectivity index (χ2v) is 4.79. The van der Waals surface area contributed by atoms with Gasteiger partial charge < -0.3 is 4.55 Å². The molecular weight excluding hydrogens is 236 g/mol. The highest BCUT2D eigenvalue weighted by molar-refractivity contribution is 8.02. The Morgan fingerprint density at radius 3 is 2.27 bits per heavy atom. The van der Waals surface area contributed by atoms with E-state index in [1.807, 2.05) is 24.3 Å². The largest absolute Gasteiger partial charge is 0.725 e. The SMILES string of the molecule is CCc1ccc(CSOS(=O)(=O)[O-])cc1. The molecule has 0 spiro atoms. The fraction of sp³-hybridized carbons (Fsp3) is 0.333. The second kappa shape index (κ2) is 5.50. The Bertz CT molecular complexity index is 397. The number of aryl methyl sites for hydroxylation is 1. The average molecular weight is 247 g/mol. The van der Waals surface area contributed by atoms with Crippen molar-refractivity contribution in [3.63, 3.8) is 0 Å². The minimum atomic E-state index is -4.59. The highest BCUT2D eigenvalue weighted by Crippen LogP contribution is 2.15. The lowest BCUT2D eigenvalue weighted by molar-refractivity contribution is 0.391. The highest BCUT2D eigenvalue weighted by atomic mass is 32.3. The summed E-state index contributed by atoms with van der Waals surface area (Å²) >= 11 is 0.626. The summed E-state index contributed by atoms with van der Waals surface area (Å²) in [7, 11) is -4.59. The smallest absolute Gasteiger partial charge is 0.228 e. The van der Waals surface area contributed by atoms with Crippen LogP contribution in [0.1, 0.15) is 18.1 Å². The molecule has 1 aromatic rings. The summed E-state index contributed by atoms with van der Waals surface area (Å²) in [6, 6.07) is 7.68. The van der Waals surface area contributed by atoms with Gasteiger partial charge >= 0.3 is 0 Å². The standard InChI is InChI=1S/C9H12O4S2/c1-2-8-3-5-9(6-4-8)7-14-13-15(10,11)12/h3-6H,2,7H2,1H3,(H,10,11,12)/p-1. The summed E-state index contributed by atoms with van der Waals surface area (Å²) in [6.45, 7) is 2.05. The molecule has 0 heterocycles. The first-order valence-electron chi connectivity index (χ1n) is 4.36. The number of benzene rings is 1. The molecule has 84 valence electrons. The first kappa shape index (κ1) is 12.5. The molecule has 0 saturated carbocycles. The molecule has 1 rings (SSSR count). The molecule has 1 aromatic carbocycles. The summed E-state index contributed by atoms with van der Waals surface area (Å²) in [5, 5.41) is 0. The Labute approximate surface area is 93.8 Å². The summed E-state index contributed by atoms with van der Waals surface area (Å²) < 4.78 is 34.4. The monoisotopic (exact) mass is 247 g/mol. The molecule has 0 amide bonds. The summed E-state index contributed by atoms with van der Waals surface area (Å²) in [5.74, 6) is 0.339. The van der Waals surface area contributed by atoms with Crippen LogP contribution in [0.4, 0.5) is 0 Å². The molecule has 0 atom stereocenters. The number of hydrogen-bond donors (Lipinski definition) is 0. The van der Waals surface area contributed by atoms with Gasteiger partial charge in [0.15, 0.2) is 0 Å². The van der Waals surface area contributed by atoms with Gasteiger partial charge in [-0.2, -0.15) is 0 Å². The van der Waals surface area contributed by atoms with Gasteiger partial charge in [0.05, 0.1) is 0 Å². The molecule has 0 fully saturated rings. The molecule has 0 aliphatic heterocycles. The Balaban J connectivity index is 2.45. The minimum Gasteiger partial charge on any atom is -0.725 e. The van der Waals surface area contributed by atoms with Crippen LogP contribution in [-0.2, 0) is 26.2 Å². The van der Waals surface area contributed by atoms with Gasteiger partial charge in [-0.25, -0.2) is 12.0 Å². The van der Waals surface area contributed by atoms with Gasteiger partial charge in [0.25, 0.3) is 0 Å². The van der Waals surface area contributed by atoms with Crippen LogP contribution < -0.4 is 0 Å². The van der Waals surface area contributed by atoms with E-state index in [0.717, 1.165) is 12.0 Å². The van der Waals surface area contributed by atoms with E-state index in [0.29, 0.717) is 17.8 Å². The third-order valence-electron chi connectivity index (χ3n) is 1.79. The summed E-state index contributed by atoms with van der Waals surface area (Å²) in [6.07, 6.45) is 0.957. The third-order valence-corrected chi connectivity index (χ3v) is 3.29. The van der Waals surface area contributed by atoms with E-state index < -0.39 is 10.4 Å². The minimum absolute atomic E-state index is 0.339. The van der Waals surface area contributed by atoms with Crippen molar-refractivity contribution in [2.45, 2.75) is 19.1 Å². The van der Waals surface area contributed by atoms with Crippen LogP contribution >= 0.6 is 12.0 Å². The van der Waals surface area contributed by atoms with Crippen LogP contribution in [0.3, 0.4) is 0 Å². The molecule has 0 saturated heterocycles.